The standard InChI is InChI=1S/C24H22ClN3O2/c25-23-10-9-16(13-27-23)22-14-26-11-12-28(22)24(29)30-15-21-19-7-3-1-5-17(19)18-6-2-4-8-20(18)21/h1-10,13,21-22,26H,11-12,14-15H2. The van der Waals surface area contributed by atoms with Gasteiger partial charge < -0.3 is 10.1 Å². The number of carbonyl (C=O) groups is 1. The van der Waals surface area contributed by atoms with Crippen LogP contribution in [0.25, 0.3) is 11.1 Å². The maximum Gasteiger partial charge on any atom is 0.410 e. The third kappa shape index (κ3) is 3.44. The van der Waals surface area contributed by atoms with Crippen LogP contribution in [0.4, 0.5) is 4.79 Å². The molecule has 1 aliphatic heterocycles. The molecule has 1 saturated heterocycles. The van der Waals surface area contributed by atoms with Gasteiger partial charge in [-0.05, 0) is 33.9 Å². The van der Waals surface area contributed by atoms with Gasteiger partial charge in [0.25, 0.3) is 0 Å². The first-order chi connectivity index (χ1) is 14.7. The largest absolute Gasteiger partial charge is 0.448 e. The van der Waals surface area contributed by atoms with Gasteiger partial charge in [-0.1, -0.05) is 66.2 Å². The number of halogens is 1. The molecule has 152 valence electrons. The number of piperazine rings is 1. The number of carbonyl (C=O) groups excluding carboxylic acids is 1. The lowest BCUT2D eigenvalue weighted by atomic mass is 9.98. The maximum atomic E-state index is 13.1. The van der Waals surface area contributed by atoms with Gasteiger partial charge in [-0.25, -0.2) is 9.78 Å². The van der Waals surface area contributed by atoms with Gasteiger partial charge in [-0.3, -0.25) is 4.90 Å². The lowest BCUT2D eigenvalue weighted by Crippen LogP contribution is -2.49. The molecule has 2 aromatic carbocycles. The second kappa shape index (κ2) is 8.09. The lowest BCUT2D eigenvalue weighted by Gasteiger charge is -2.35. The Morgan fingerprint density at radius 3 is 2.43 bits per heavy atom. The second-order valence-electron chi connectivity index (χ2n) is 7.63. The number of hydrogen-bond donors (Lipinski definition) is 1. The van der Waals surface area contributed by atoms with E-state index in [1.54, 1.807) is 17.2 Å². The molecule has 5 nitrogen and oxygen atoms in total. The summed E-state index contributed by atoms with van der Waals surface area (Å²) in [6.07, 6.45) is 1.43. The zero-order valence-electron chi connectivity index (χ0n) is 16.4. The molecule has 0 radical (unpaired) electrons. The van der Waals surface area contributed by atoms with Crippen LogP contribution in [0.3, 0.4) is 0 Å². The van der Waals surface area contributed by atoms with Gasteiger partial charge >= 0.3 is 6.09 Å². The number of aromatic nitrogens is 1. The quantitative estimate of drug-likeness (QED) is 0.629. The van der Waals surface area contributed by atoms with Crippen LogP contribution < -0.4 is 5.32 Å². The minimum absolute atomic E-state index is 0.0555. The van der Waals surface area contributed by atoms with E-state index in [4.69, 9.17) is 16.3 Å². The summed E-state index contributed by atoms with van der Waals surface area (Å²) < 4.78 is 5.87. The van der Waals surface area contributed by atoms with Crippen LogP contribution in [0, 0.1) is 0 Å². The van der Waals surface area contributed by atoms with Crippen molar-refractivity contribution in [3.63, 3.8) is 0 Å². The Kier molecular flexibility index (Phi) is 5.15. The van der Waals surface area contributed by atoms with Gasteiger partial charge in [-0.15, -0.1) is 0 Å². The Morgan fingerprint density at radius 2 is 1.77 bits per heavy atom. The van der Waals surface area contributed by atoms with E-state index in [9.17, 15) is 4.79 Å². The number of nitrogens with one attached hydrogen (secondary N) is 1. The van der Waals surface area contributed by atoms with Gasteiger partial charge in [0.2, 0.25) is 0 Å². The normalized spacial score (nSPS) is 18.0. The number of rotatable bonds is 3. The molecule has 1 aliphatic carbocycles. The molecule has 30 heavy (non-hydrogen) atoms. The van der Waals surface area contributed by atoms with Crippen molar-refractivity contribution in [2.75, 3.05) is 26.2 Å². The average molecular weight is 420 g/mol. The molecule has 1 N–H and O–H groups in total. The van der Waals surface area contributed by atoms with Crippen LogP contribution in [-0.4, -0.2) is 42.2 Å². The highest BCUT2D eigenvalue weighted by Gasteiger charge is 2.32. The van der Waals surface area contributed by atoms with E-state index < -0.39 is 0 Å². The summed E-state index contributed by atoms with van der Waals surface area (Å²) in [5, 5.41) is 3.79. The van der Waals surface area contributed by atoms with E-state index in [2.05, 4.69) is 46.7 Å². The number of ether oxygens (including phenoxy) is 1. The van der Waals surface area contributed by atoms with Gasteiger partial charge in [0.15, 0.2) is 0 Å². The molecule has 2 heterocycles. The highest BCUT2D eigenvalue weighted by atomic mass is 35.5. The monoisotopic (exact) mass is 419 g/mol. The zero-order chi connectivity index (χ0) is 20.5. The van der Waals surface area contributed by atoms with E-state index in [1.165, 1.54) is 22.3 Å². The summed E-state index contributed by atoms with van der Waals surface area (Å²) in [4.78, 5) is 19.0. The number of benzene rings is 2. The number of nitrogens with zero attached hydrogens (tertiary/aromatic N) is 2. The molecule has 1 aromatic heterocycles. The summed E-state index contributed by atoms with van der Waals surface area (Å²) in [5.41, 5.74) is 5.82. The molecule has 0 saturated carbocycles. The van der Waals surface area contributed by atoms with Gasteiger partial charge in [-0.2, -0.15) is 0 Å². The second-order valence-corrected chi connectivity index (χ2v) is 8.02. The van der Waals surface area contributed by atoms with E-state index in [-0.39, 0.29) is 18.1 Å². The summed E-state index contributed by atoms with van der Waals surface area (Å²) in [5.74, 6) is 0.0555. The van der Waals surface area contributed by atoms with Crippen LogP contribution >= 0.6 is 11.6 Å². The van der Waals surface area contributed by atoms with E-state index in [0.29, 0.717) is 24.8 Å². The van der Waals surface area contributed by atoms with Gasteiger partial charge in [0, 0.05) is 31.7 Å². The minimum atomic E-state index is -0.293. The van der Waals surface area contributed by atoms with Crippen LogP contribution in [0.1, 0.15) is 28.7 Å². The van der Waals surface area contributed by atoms with Crippen molar-refractivity contribution in [2.24, 2.45) is 0 Å². The molecule has 2 aliphatic rings. The predicted molar refractivity (Wildman–Crippen MR) is 117 cm³/mol. The Labute approximate surface area is 180 Å². The molecule has 0 bridgehead atoms. The Bertz CT molecular complexity index is 1020. The van der Waals surface area contributed by atoms with E-state index in [0.717, 1.165) is 12.1 Å². The average Bonchev–Trinajstić information content (AvgIpc) is 3.12. The van der Waals surface area contributed by atoms with Crippen molar-refractivity contribution in [1.82, 2.24) is 15.2 Å². The number of amides is 1. The Hall–Kier alpha value is -2.89. The van der Waals surface area contributed by atoms with Crippen molar-refractivity contribution in [1.29, 1.82) is 0 Å². The fourth-order valence-corrected chi connectivity index (χ4v) is 4.59. The SMILES string of the molecule is O=C(OCC1c2ccccc2-c2ccccc21)N1CCNCC1c1ccc(Cl)nc1. The first-order valence-electron chi connectivity index (χ1n) is 10.2. The van der Waals surface area contributed by atoms with E-state index >= 15 is 0 Å². The molecule has 1 unspecified atom stereocenters. The number of pyridine rings is 1. The summed E-state index contributed by atoms with van der Waals surface area (Å²) in [6, 6.07) is 20.2. The Morgan fingerprint density at radius 1 is 1.07 bits per heavy atom. The predicted octanol–water partition coefficient (Wildman–Crippen LogP) is 4.63. The first kappa shape index (κ1) is 19.1. The molecule has 1 atom stereocenters. The molecule has 0 spiro atoms. The first-order valence-corrected chi connectivity index (χ1v) is 10.5. The molecular formula is C24H22ClN3O2. The van der Waals surface area contributed by atoms with Gasteiger partial charge in [0.1, 0.15) is 11.8 Å². The topological polar surface area (TPSA) is 54.5 Å². The van der Waals surface area contributed by atoms with E-state index in [1.807, 2.05) is 18.2 Å². The third-order valence-corrected chi connectivity index (χ3v) is 6.17. The smallest absolute Gasteiger partial charge is 0.410 e. The number of hydrogen-bond acceptors (Lipinski definition) is 4. The van der Waals surface area contributed by atoms with Crippen LogP contribution in [0.15, 0.2) is 66.9 Å². The highest BCUT2D eigenvalue weighted by Crippen LogP contribution is 2.44. The molecule has 6 heteroatoms. The minimum Gasteiger partial charge on any atom is -0.448 e. The fourth-order valence-electron chi connectivity index (χ4n) is 4.48. The van der Waals surface area contributed by atoms with Gasteiger partial charge in [0.05, 0.1) is 6.04 Å². The van der Waals surface area contributed by atoms with Crippen LogP contribution in [0.5, 0.6) is 0 Å². The summed E-state index contributed by atoms with van der Waals surface area (Å²) in [7, 11) is 0. The van der Waals surface area contributed by atoms with Crippen molar-refractivity contribution in [3.05, 3.63) is 88.7 Å². The van der Waals surface area contributed by atoms with Crippen LogP contribution in [-0.2, 0) is 4.74 Å². The third-order valence-electron chi connectivity index (χ3n) is 5.95. The zero-order valence-corrected chi connectivity index (χ0v) is 17.2. The van der Waals surface area contributed by atoms with Crippen molar-refractivity contribution < 1.29 is 9.53 Å². The highest BCUT2D eigenvalue weighted by molar-refractivity contribution is 6.29. The molecule has 5 rings (SSSR count). The molecule has 1 amide bonds. The van der Waals surface area contributed by atoms with Crippen molar-refractivity contribution in [3.8, 4) is 11.1 Å². The summed E-state index contributed by atoms with van der Waals surface area (Å²) >= 11 is 5.92. The summed E-state index contributed by atoms with van der Waals surface area (Å²) in [6.45, 7) is 2.31. The van der Waals surface area contributed by atoms with Crippen molar-refractivity contribution >= 4 is 17.7 Å². The van der Waals surface area contributed by atoms with Crippen molar-refractivity contribution in [2.45, 2.75) is 12.0 Å². The van der Waals surface area contributed by atoms with Crippen LogP contribution in [0.2, 0.25) is 5.15 Å². The molecular weight excluding hydrogens is 398 g/mol. The number of fused-ring (bicyclic) bond motifs is 3. The fraction of sp³-hybridized carbons (Fsp3) is 0.250. The molecule has 3 aromatic rings. The molecule has 1 fully saturated rings. The maximum absolute atomic E-state index is 13.1. The lowest BCUT2D eigenvalue weighted by molar-refractivity contribution is 0.0752. The Balaban J connectivity index is 1.35.